The second kappa shape index (κ2) is 7.09. The molecule has 0 spiro atoms. The summed E-state index contributed by atoms with van der Waals surface area (Å²) in [7, 11) is -4.16. The molecule has 0 aliphatic carbocycles. The number of nitrogens with one attached hydrogen (secondary N) is 1. The zero-order chi connectivity index (χ0) is 19.5. The zero-order valence-corrected chi connectivity index (χ0v) is 13.6. The Morgan fingerprint density at radius 2 is 1.85 bits per heavy atom. The molecule has 8 nitrogen and oxygen atoms in total. The molecule has 0 heterocycles. The lowest BCUT2D eigenvalue weighted by Gasteiger charge is -2.09. The van der Waals surface area contributed by atoms with Crippen molar-refractivity contribution in [3.63, 3.8) is 0 Å². The second-order valence-corrected chi connectivity index (χ2v) is 6.50. The Labute approximate surface area is 145 Å². The van der Waals surface area contributed by atoms with Crippen LogP contribution in [-0.4, -0.2) is 19.6 Å². The lowest BCUT2D eigenvalue weighted by molar-refractivity contribution is -0.384. The standard InChI is InChI=1S/C14H11F3N4O4S/c15-14(16,17)11-4-2-1-3-9(11)8-19-20-12-6-5-10(26(18,24)25)7-13(12)21(22)23/h1-8,20H,(H2,18,24,25). The molecule has 0 amide bonds. The van der Waals surface area contributed by atoms with Crippen molar-refractivity contribution in [3.8, 4) is 0 Å². The smallest absolute Gasteiger partial charge is 0.272 e. The van der Waals surface area contributed by atoms with Gasteiger partial charge in [-0.2, -0.15) is 18.3 Å². The molecule has 0 aliphatic rings. The van der Waals surface area contributed by atoms with Crippen molar-refractivity contribution in [2.45, 2.75) is 11.1 Å². The first-order chi connectivity index (χ1) is 12.0. The van der Waals surface area contributed by atoms with E-state index in [0.29, 0.717) is 0 Å². The Morgan fingerprint density at radius 1 is 1.19 bits per heavy atom. The maximum absolute atomic E-state index is 12.9. The number of nitrogens with two attached hydrogens (primary N) is 1. The highest BCUT2D eigenvalue weighted by atomic mass is 32.2. The van der Waals surface area contributed by atoms with E-state index >= 15 is 0 Å². The van der Waals surface area contributed by atoms with Gasteiger partial charge < -0.3 is 0 Å². The number of primary sulfonamides is 1. The summed E-state index contributed by atoms with van der Waals surface area (Å²) in [6.45, 7) is 0. The fourth-order valence-corrected chi connectivity index (χ4v) is 2.51. The number of nitro groups is 1. The Balaban J connectivity index is 2.33. The van der Waals surface area contributed by atoms with E-state index in [1.54, 1.807) is 0 Å². The molecule has 12 heteroatoms. The van der Waals surface area contributed by atoms with Gasteiger partial charge in [-0.3, -0.25) is 15.5 Å². The molecule has 0 radical (unpaired) electrons. The van der Waals surface area contributed by atoms with E-state index in [1.165, 1.54) is 18.2 Å². The third kappa shape index (κ3) is 4.55. The van der Waals surface area contributed by atoms with Gasteiger partial charge in [0.25, 0.3) is 5.69 Å². The lowest BCUT2D eigenvalue weighted by Crippen LogP contribution is -2.12. The second-order valence-electron chi connectivity index (χ2n) is 4.94. The molecule has 0 unspecified atom stereocenters. The summed E-state index contributed by atoms with van der Waals surface area (Å²) in [5.74, 6) is 0. The number of nitrogens with zero attached hydrogens (tertiary/aromatic N) is 2. The molecule has 0 saturated carbocycles. The minimum absolute atomic E-state index is 0.219. The average Bonchev–Trinajstić information content (AvgIpc) is 2.53. The van der Waals surface area contributed by atoms with Crippen LogP contribution in [0.1, 0.15) is 11.1 Å². The third-order valence-electron chi connectivity index (χ3n) is 3.15. The number of hydrazone groups is 1. The highest BCUT2D eigenvalue weighted by molar-refractivity contribution is 7.89. The summed E-state index contributed by atoms with van der Waals surface area (Å²) in [5, 5.41) is 19.5. The van der Waals surface area contributed by atoms with Crippen LogP contribution in [-0.2, 0) is 16.2 Å². The number of hydrogen-bond donors (Lipinski definition) is 2. The minimum atomic E-state index is -4.59. The molecular formula is C14H11F3N4O4S. The van der Waals surface area contributed by atoms with Gasteiger partial charge >= 0.3 is 6.18 Å². The van der Waals surface area contributed by atoms with Gasteiger partial charge in [0.15, 0.2) is 0 Å². The van der Waals surface area contributed by atoms with Crippen molar-refractivity contribution in [2.75, 3.05) is 5.43 Å². The third-order valence-corrected chi connectivity index (χ3v) is 4.06. The van der Waals surface area contributed by atoms with Crippen molar-refractivity contribution in [1.29, 1.82) is 0 Å². The van der Waals surface area contributed by atoms with Crippen LogP contribution in [0.4, 0.5) is 24.5 Å². The first kappa shape index (κ1) is 19.3. The summed E-state index contributed by atoms with van der Waals surface area (Å²) in [6.07, 6.45) is -3.74. The number of alkyl halides is 3. The quantitative estimate of drug-likeness (QED) is 0.462. The molecule has 2 aromatic rings. The van der Waals surface area contributed by atoms with E-state index in [1.807, 2.05) is 0 Å². The molecule has 0 aliphatic heterocycles. The van der Waals surface area contributed by atoms with Gasteiger partial charge in [0.2, 0.25) is 10.0 Å². The predicted octanol–water partition coefficient (Wildman–Crippen LogP) is 2.71. The number of anilines is 1. The monoisotopic (exact) mass is 388 g/mol. The van der Waals surface area contributed by atoms with Crippen LogP contribution in [0.5, 0.6) is 0 Å². The van der Waals surface area contributed by atoms with Gasteiger partial charge in [-0.1, -0.05) is 18.2 Å². The number of sulfonamides is 1. The van der Waals surface area contributed by atoms with E-state index in [9.17, 15) is 31.7 Å². The molecule has 3 N–H and O–H groups in total. The van der Waals surface area contributed by atoms with Crippen molar-refractivity contribution in [2.24, 2.45) is 10.2 Å². The van der Waals surface area contributed by atoms with Crippen LogP contribution in [0.2, 0.25) is 0 Å². The van der Waals surface area contributed by atoms with Crippen molar-refractivity contribution < 1.29 is 26.5 Å². The molecule has 0 bridgehead atoms. The summed E-state index contributed by atoms with van der Waals surface area (Å²) < 4.78 is 61.2. The van der Waals surface area contributed by atoms with Crippen molar-refractivity contribution in [1.82, 2.24) is 0 Å². The molecule has 0 atom stereocenters. The van der Waals surface area contributed by atoms with Gasteiger partial charge in [0, 0.05) is 11.6 Å². The fourth-order valence-electron chi connectivity index (χ4n) is 1.97. The van der Waals surface area contributed by atoms with Crippen molar-refractivity contribution in [3.05, 3.63) is 63.7 Å². The molecule has 26 heavy (non-hydrogen) atoms. The SMILES string of the molecule is NS(=O)(=O)c1ccc(NN=Cc2ccccc2C(F)(F)F)c([N+](=O)[O-])c1. The topological polar surface area (TPSA) is 128 Å². The van der Waals surface area contributed by atoms with E-state index in [4.69, 9.17) is 5.14 Å². The molecule has 0 aromatic heterocycles. The minimum Gasteiger partial charge on any atom is -0.272 e. The highest BCUT2D eigenvalue weighted by Gasteiger charge is 2.32. The van der Waals surface area contributed by atoms with Crippen LogP contribution in [0, 0.1) is 10.1 Å². The van der Waals surface area contributed by atoms with Gasteiger partial charge in [-0.15, -0.1) is 0 Å². The van der Waals surface area contributed by atoms with Crippen LogP contribution >= 0.6 is 0 Å². The largest absolute Gasteiger partial charge is 0.417 e. The number of halogens is 3. The molecule has 2 aromatic carbocycles. The highest BCUT2D eigenvalue weighted by Crippen LogP contribution is 2.31. The number of benzene rings is 2. The van der Waals surface area contributed by atoms with Crippen LogP contribution in [0.15, 0.2) is 52.5 Å². The predicted molar refractivity (Wildman–Crippen MR) is 87.1 cm³/mol. The van der Waals surface area contributed by atoms with E-state index < -0.39 is 37.3 Å². The normalized spacial score (nSPS) is 12.3. The number of nitro benzene ring substituents is 1. The lowest BCUT2D eigenvalue weighted by atomic mass is 10.1. The molecule has 0 saturated heterocycles. The first-order valence-corrected chi connectivity index (χ1v) is 8.31. The Kier molecular flexibility index (Phi) is 5.28. The van der Waals surface area contributed by atoms with Crippen LogP contribution in [0.25, 0.3) is 0 Å². The number of rotatable bonds is 5. The maximum atomic E-state index is 12.9. The van der Waals surface area contributed by atoms with E-state index in [2.05, 4.69) is 10.5 Å². The first-order valence-electron chi connectivity index (χ1n) is 6.76. The Morgan fingerprint density at radius 3 is 2.42 bits per heavy atom. The van der Waals surface area contributed by atoms with E-state index in [0.717, 1.165) is 30.5 Å². The average molecular weight is 388 g/mol. The molecule has 2 rings (SSSR count). The fraction of sp³-hybridized carbons (Fsp3) is 0.0714. The van der Waals surface area contributed by atoms with Crippen LogP contribution < -0.4 is 10.6 Å². The Hall–Kier alpha value is -2.99. The summed E-state index contributed by atoms with van der Waals surface area (Å²) >= 11 is 0. The molecule has 0 fully saturated rings. The maximum Gasteiger partial charge on any atom is 0.417 e. The molecular weight excluding hydrogens is 377 g/mol. The van der Waals surface area contributed by atoms with E-state index in [-0.39, 0.29) is 11.3 Å². The Bertz CT molecular complexity index is 974. The van der Waals surface area contributed by atoms with Crippen molar-refractivity contribution >= 4 is 27.6 Å². The summed E-state index contributed by atoms with van der Waals surface area (Å²) in [5.41, 5.74) is 0.171. The summed E-state index contributed by atoms with van der Waals surface area (Å²) in [4.78, 5) is 9.69. The van der Waals surface area contributed by atoms with Gasteiger partial charge in [0.05, 0.1) is 21.6 Å². The zero-order valence-electron chi connectivity index (χ0n) is 12.8. The van der Waals surface area contributed by atoms with Gasteiger partial charge in [-0.05, 0) is 18.2 Å². The van der Waals surface area contributed by atoms with Gasteiger partial charge in [0.1, 0.15) is 5.69 Å². The molecule has 138 valence electrons. The summed E-state index contributed by atoms with van der Waals surface area (Å²) in [6, 6.07) is 7.38. The van der Waals surface area contributed by atoms with Crippen LogP contribution in [0.3, 0.4) is 0 Å². The number of hydrogen-bond acceptors (Lipinski definition) is 6. The van der Waals surface area contributed by atoms with Gasteiger partial charge in [-0.25, -0.2) is 13.6 Å².